The van der Waals surface area contributed by atoms with E-state index in [0.717, 1.165) is 17.6 Å². The second kappa shape index (κ2) is 6.67. The minimum Gasteiger partial charge on any atom is -0.309 e. The Balaban J connectivity index is 1.87. The molecule has 0 spiro atoms. The van der Waals surface area contributed by atoms with Gasteiger partial charge in [-0.05, 0) is 25.1 Å². The van der Waals surface area contributed by atoms with E-state index in [1.54, 1.807) is 0 Å². The smallest absolute Gasteiger partial charge is 0.270 e. The van der Waals surface area contributed by atoms with Crippen LogP contribution in [0.3, 0.4) is 0 Å². The molecule has 0 atom stereocenters. The van der Waals surface area contributed by atoms with E-state index in [0.29, 0.717) is 16.5 Å². The number of halogens is 1. The van der Waals surface area contributed by atoms with Gasteiger partial charge in [-0.1, -0.05) is 23.7 Å². The van der Waals surface area contributed by atoms with Gasteiger partial charge in [-0.2, -0.15) is 5.10 Å². The number of nitro benzene ring substituents is 1. The van der Waals surface area contributed by atoms with Crippen molar-refractivity contribution in [3.05, 3.63) is 63.2 Å². The van der Waals surface area contributed by atoms with Crippen LogP contribution in [-0.4, -0.2) is 20.7 Å². The Kier molecular flexibility index (Phi) is 4.43. The molecule has 8 heteroatoms. The van der Waals surface area contributed by atoms with Crippen LogP contribution in [0.5, 0.6) is 0 Å². The molecule has 2 aromatic carbocycles. The summed E-state index contributed by atoms with van der Waals surface area (Å²) in [5.41, 5.74) is 5.16. The van der Waals surface area contributed by atoms with Crippen molar-refractivity contribution >= 4 is 40.5 Å². The molecule has 3 aromatic rings. The van der Waals surface area contributed by atoms with Crippen LogP contribution in [0, 0.1) is 10.1 Å². The van der Waals surface area contributed by atoms with E-state index in [9.17, 15) is 10.1 Å². The lowest BCUT2D eigenvalue weighted by molar-refractivity contribution is -0.384. The number of para-hydroxylation sites is 2. The second-order valence-electron chi connectivity index (χ2n) is 5.00. The highest BCUT2D eigenvalue weighted by atomic mass is 35.5. The third-order valence-electron chi connectivity index (χ3n) is 3.53. The molecule has 0 bridgehead atoms. The minimum atomic E-state index is -0.475. The number of hydrazone groups is 1. The van der Waals surface area contributed by atoms with Crippen molar-refractivity contribution < 1.29 is 4.92 Å². The van der Waals surface area contributed by atoms with Crippen molar-refractivity contribution in [2.24, 2.45) is 5.10 Å². The van der Waals surface area contributed by atoms with Crippen LogP contribution in [0.4, 0.5) is 11.6 Å². The summed E-state index contributed by atoms with van der Waals surface area (Å²) in [4.78, 5) is 14.8. The van der Waals surface area contributed by atoms with Gasteiger partial charge in [0.25, 0.3) is 5.69 Å². The Labute approximate surface area is 142 Å². The first-order valence-corrected chi connectivity index (χ1v) is 7.66. The fourth-order valence-corrected chi connectivity index (χ4v) is 2.55. The maximum absolute atomic E-state index is 10.8. The van der Waals surface area contributed by atoms with Gasteiger partial charge in [0.15, 0.2) is 0 Å². The standard InChI is InChI=1S/C16H14ClN5O2/c1-2-21-15-6-4-3-5-14(15)19-16(21)20-18-10-11-9-12(22(23)24)7-8-13(11)17/h3-10H,2H2,1H3,(H,19,20)/b18-10-. The Morgan fingerprint density at radius 3 is 2.92 bits per heavy atom. The summed E-state index contributed by atoms with van der Waals surface area (Å²) in [5, 5.41) is 15.3. The Morgan fingerprint density at radius 1 is 1.38 bits per heavy atom. The van der Waals surface area contributed by atoms with Crippen LogP contribution >= 0.6 is 11.6 Å². The lowest BCUT2D eigenvalue weighted by atomic mass is 10.2. The molecule has 0 aliphatic rings. The predicted molar refractivity (Wildman–Crippen MR) is 94.7 cm³/mol. The lowest BCUT2D eigenvalue weighted by Gasteiger charge is -2.04. The van der Waals surface area contributed by atoms with Crippen molar-refractivity contribution in [1.82, 2.24) is 9.55 Å². The van der Waals surface area contributed by atoms with Crippen molar-refractivity contribution in [2.45, 2.75) is 13.5 Å². The first-order chi connectivity index (χ1) is 11.6. The number of aromatic nitrogens is 2. The summed E-state index contributed by atoms with van der Waals surface area (Å²) in [6.45, 7) is 2.75. The maximum Gasteiger partial charge on any atom is 0.270 e. The van der Waals surface area contributed by atoms with Crippen LogP contribution in [0.1, 0.15) is 12.5 Å². The van der Waals surface area contributed by atoms with Crippen molar-refractivity contribution in [2.75, 3.05) is 5.43 Å². The summed E-state index contributed by atoms with van der Waals surface area (Å²) in [6, 6.07) is 12.0. The number of non-ortho nitro benzene ring substituents is 1. The minimum absolute atomic E-state index is 0.0401. The lowest BCUT2D eigenvalue weighted by Crippen LogP contribution is -2.02. The van der Waals surface area contributed by atoms with Gasteiger partial charge in [0.2, 0.25) is 5.95 Å². The highest BCUT2D eigenvalue weighted by Gasteiger charge is 2.09. The molecule has 0 saturated carbocycles. The van der Waals surface area contributed by atoms with Crippen LogP contribution < -0.4 is 5.43 Å². The highest BCUT2D eigenvalue weighted by Crippen LogP contribution is 2.21. The molecule has 0 aliphatic heterocycles. The number of anilines is 1. The number of imidazole rings is 1. The zero-order valence-electron chi connectivity index (χ0n) is 12.8. The number of nitrogens with zero attached hydrogens (tertiary/aromatic N) is 4. The molecule has 0 saturated heterocycles. The monoisotopic (exact) mass is 343 g/mol. The van der Waals surface area contributed by atoms with E-state index in [4.69, 9.17) is 11.6 Å². The van der Waals surface area contributed by atoms with Gasteiger partial charge >= 0.3 is 0 Å². The molecule has 122 valence electrons. The van der Waals surface area contributed by atoms with Crippen LogP contribution in [0.15, 0.2) is 47.6 Å². The summed E-state index contributed by atoms with van der Waals surface area (Å²) in [5.74, 6) is 0.594. The molecular weight excluding hydrogens is 330 g/mol. The topological polar surface area (TPSA) is 85.3 Å². The average molecular weight is 344 g/mol. The number of nitrogens with one attached hydrogen (secondary N) is 1. The number of fused-ring (bicyclic) bond motifs is 1. The van der Waals surface area contributed by atoms with Gasteiger partial charge in [0.05, 0.1) is 22.2 Å². The molecule has 0 unspecified atom stereocenters. The molecular formula is C16H14ClN5O2. The largest absolute Gasteiger partial charge is 0.309 e. The zero-order chi connectivity index (χ0) is 17.1. The van der Waals surface area contributed by atoms with Gasteiger partial charge in [0.1, 0.15) is 0 Å². The van der Waals surface area contributed by atoms with Crippen molar-refractivity contribution in [1.29, 1.82) is 0 Å². The van der Waals surface area contributed by atoms with Gasteiger partial charge < -0.3 is 4.57 Å². The van der Waals surface area contributed by atoms with Crippen LogP contribution in [-0.2, 0) is 6.54 Å². The predicted octanol–water partition coefficient (Wildman–Crippen LogP) is 4.06. The molecule has 3 rings (SSSR count). The molecule has 0 radical (unpaired) electrons. The van der Waals surface area contributed by atoms with Gasteiger partial charge in [-0.3, -0.25) is 10.1 Å². The molecule has 1 aromatic heterocycles. The third kappa shape index (κ3) is 3.07. The number of aryl methyl sites for hydroxylation is 1. The van der Waals surface area contributed by atoms with Gasteiger partial charge in [-0.15, -0.1) is 0 Å². The Hall–Kier alpha value is -2.93. The molecule has 24 heavy (non-hydrogen) atoms. The molecule has 0 amide bonds. The van der Waals surface area contributed by atoms with E-state index in [1.165, 1.54) is 24.4 Å². The molecule has 7 nitrogen and oxygen atoms in total. The van der Waals surface area contributed by atoms with Gasteiger partial charge in [0, 0.05) is 29.3 Å². The van der Waals surface area contributed by atoms with E-state index >= 15 is 0 Å². The number of hydrogen-bond donors (Lipinski definition) is 1. The first-order valence-electron chi connectivity index (χ1n) is 7.28. The van der Waals surface area contributed by atoms with E-state index in [-0.39, 0.29) is 5.69 Å². The SMILES string of the molecule is CCn1c(N/N=C\c2cc([N+](=O)[O-])ccc2Cl)nc2ccccc21. The second-order valence-corrected chi connectivity index (χ2v) is 5.41. The van der Waals surface area contributed by atoms with Crippen molar-refractivity contribution in [3.63, 3.8) is 0 Å². The van der Waals surface area contributed by atoms with E-state index < -0.39 is 4.92 Å². The number of nitro groups is 1. The van der Waals surface area contributed by atoms with Crippen LogP contribution in [0.25, 0.3) is 11.0 Å². The fraction of sp³-hybridized carbons (Fsp3) is 0.125. The van der Waals surface area contributed by atoms with Gasteiger partial charge in [-0.25, -0.2) is 10.4 Å². The molecule has 1 heterocycles. The third-order valence-corrected chi connectivity index (χ3v) is 3.87. The number of rotatable bonds is 5. The van der Waals surface area contributed by atoms with Crippen molar-refractivity contribution in [3.8, 4) is 0 Å². The Bertz CT molecular complexity index is 935. The summed E-state index contributed by atoms with van der Waals surface area (Å²) in [6.07, 6.45) is 1.44. The van der Waals surface area contributed by atoms with E-state index in [2.05, 4.69) is 15.5 Å². The fourth-order valence-electron chi connectivity index (χ4n) is 2.38. The van der Waals surface area contributed by atoms with Crippen LogP contribution in [0.2, 0.25) is 5.02 Å². The maximum atomic E-state index is 10.8. The Morgan fingerprint density at radius 2 is 2.17 bits per heavy atom. The highest BCUT2D eigenvalue weighted by molar-refractivity contribution is 6.33. The first kappa shape index (κ1) is 15.9. The summed E-state index contributed by atoms with van der Waals surface area (Å²) < 4.78 is 1.99. The number of hydrogen-bond acceptors (Lipinski definition) is 5. The normalized spacial score (nSPS) is 11.2. The number of benzene rings is 2. The average Bonchev–Trinajstić information content (AvgIpc) is 2.93. The molecule has 0 fully saturated rings. The van der Waals surface area contributed by atoms with E-state index in [1.807, 2.05) is 35.8 Å². The molecule has 1 N–H and O–H groups in total. The zero-order valence-corrected chi connectivity index (χ0v) is 13.6. The summed E-state index contributed by atoms with van der Waals surface area (Å²) in [7, 11) is 0. The quantitative estimate of drug-likeness (QED) is 0.430. The summed E-state index contributed by atoms with van der Waals surface area (Å²) >= 11 is 6.04. The molecule has 0 aliphatic carbocycles.